The Hall–Kier alpha value is -2.49. The number of rotatable bonds is 8. The van der Waals surface area contributed by atoms with Gasteiger partial charge in [0.15, 0.2) is 6.10 Å². The smallest absolute Gasteiger partial charge is 0.261 e. The van der Waals surface area contributed by atoms with Gasteiger partial charge in [0.05, 0.1) is 6.10 Å². The third-order valence-electron chi connectivity index (χ3n) is 3.87. The van der Waals surface area contributed by atoms with E-state index in [2.05, 4.69) is 11.4 Å². The van der Waals surface area contributed by atoms with Gasteiger partial charge in [0, 0.05) is 6.54 Å². The predicted molar refractivity (Wildman–Crippen MR) is 105 cm³/mol. The highest BCUT2D eigenvalue weighted by Gasteiger charge is 2.18. The van der Waals surface area contributed by atoms with Crippen LogP contribution in [-0.4, -0.2) is 18.1 Å². The van der Waals surface area contributed by atoms with Crippen LogP contribution in [0.5, 0.6) is 11.5 Å². The topological polar surface area (TPSA) is 47.6 Å². The van der Waals surface area contributed by atoms with E-state index in [-0.39, 0.29) is 12.0 Å². The molecule has 1 atom stereocenters. The number of nitrogens with one attached hydrogen (secondary N) is 1. The summed E-state index contributed by atoms with van der Waals surface area (Å²) >= 11 is 0. The van der Waals surface area contributed by atoms with Crippen LogP contribution in [0.25, 0.3) is 0 Å². The molecule has 0 aromatic heterocycles. The summed E-state index contributed by atoms with van der Waals surface area (Å²) in [6, 6.07) is 13.8. The van der Waals surface area contributed by atoms with Gasteiger partial charge in [0.1, 0.15) is 11.5 Å². The molecule has 0 unspecified atom stereocenters. The van der Waals surface area contributed by atoms with Crippen molar-refractivity contribution < 1.29 is 14.3 Å². The first-order valence-corrected chi connectivity index (χ1v) is 9.15. The van der Waals surface area contributed by atoms with Gasteiger partial charge in [0.2, 0.25) is 0 Å². The highest BCUT2D eigenvalue weighted by molar-refractivity contribution is 5.81. The van der Waals surface area contributed by atoms with Crippen LogP contribution in [0.4, 0.5) is 0 Å². The van der Waals surface area contributed by atoms with E-state index in [9.17, 15) is 4.79 Å². The first-order chi connectivity index (χ1) is 12.4. The van der Waals surface area contributed by atoms with Crippen molar-refractivity contribution in [2.24, 2.45) is 0 Å². The maximum absolute atomic E-state index is 12.5. The average molecular weight is 355 g/mol. The molecule has 2 aromatic rings. The summed E-state index contributed by atoms with van der Waals surface area (Å²) in [7, 11) is 0. The molecule has 26 heavy (non-hydrogen) atoms. The first kappa shape index (κ1) is 19.8. The lowest BCUT2D eigenvalue weighted by molar-refractivity contribution is -0.128. The number of hydrogen-bond acceptors (Lipinski definition) is 3. The predicted octanol–water partition coefficient (Wildman–Crippen LogP) is 4.56. The molecule has 2 aromatic carbocycles. The number of benzene rings is 2. The number of ether oxygens (including phenoxy) is 2. The van der Waals surface area contributed by atoms with E-state index < -0.39 is 6.10 Å². The van der Waals surface area contributed by atoms with Crippen molar-refractivity contribution in [2.45, 2.75) is 59.8 Å². The van der Waals surface area contributed by atoms with Gasteiger partial charge in [-0.25, -0.2) is 0 Å². The van der Waals surface area contributed by atoms with E-state index in [0.717, 1.165) is 28.2 Å². The minimum Gasteiger partial charge on any atom is -0.491 e. The van der Waals surface area contributed by atoms with Gasteiger partial charge >= 0.3 is 0 Å². The number of aryl methyl sites for hydroxylation is 2. The molecule has 4 heteroatoms. The number of carbonyl (C=O) groups is 1. The normalized spacial score (nSPS) is 11.9. The summed E-state index contributed by atoms with van der Waals surface area (Å²) in [5.41, 5.74) is 3.24. The summed E-state index contributed by atoms with van der Waals surface area (Å²) in [4.78, 5) is 12.5. The van der Waals surface area contributed by atoms with E-state index in [0.29, 0.717) is 13.0 Å². The van der Waals surface area contributed by atoms with E-state index in [4.69, 9.17) is 9.47 Å². The summed E-state index contributed by atoms with van der Waals surface area (Å²) in [5, 5.41) is 2.96. The second-order valence-electron chi connectivity index (χ2n) is 6.87. The van der Waals surface area contributed by atoms with Crippen LogP contribution in [0, 0.1) is 13.8 Å². The van der Waals surface area contributed by atoms with Crippen LogP contribution in [0.2, 0.25) is 0 Å². The maximum atomic E-state index is 12.5. The second-order valence-corrected chi connectivity index (χ2v) is 6.87. The zero-order chi connectivity index (χ0) is 19.1. The zero-order valence-electron chi connectivity index (χ0n) is 16.3. The molecular weight excluding hydrogens is 326 g/mol. The zero-order valence-corrected chi connectivity index (χ0v) is 16.3. The Morgan fingerprint density at radius 3 is 2.31 bits per heavy atom. The number of carbonyl (C=O) groups excluding carboxylic acids is 1. The van der Waals surface area contributed by atoms with Gasteiger partial charge in [0.25, 0.3) is 5.91 Å². The molecular formula is C22H29NO3. The fourth-order valence-corrected chi connectivity index (χ4v) is 2.79. The van der Waals surface area contributed by atoms with Crippen molar-refractivity contribution >= 4 is 5.91 Å². The van der Waals surface area contributed by atoms with Gasteiger partial charge < -0.3 is 14.8 Å². The Morgan fingerprint density at radius 2 is 1.69 bits per heavy atom. The lowest BCUT2D eigenvalue weighted by Crippen LogP contribution is -2.37. The van der Waals surface area contributed by atoms with E-state index in [1.54, 1.807) is 0 Å². The van der Waals surface area contributed by atoms with Crippen LogP contribution < -0.4 is 14.8 Å². The third-order valence-corrected chi connectivity index (χ3v) is 3.87. The lowest BCUT2D eigenvalue weighted by atomic mass is 10.1. The molecule has 0 radical (unpaired) electrons. The minimum atomic E-state index is -0.508. The van der Waals surface area contributed by atoms with Crippen molar-refractivity contribution in [3.05, 3.63) is 59.2 Å². The van der Waals surface area contributed by atoms with E-state index >= 15 is 0 Å². The van der Waals surface area contributed by atoms with E-state index in [1.807, 2.05) is 71.0 Å². The number of hydrogen-bond donors (Lipinski definition) is 1. The van der Waals surface area contributed by atoms with Gasteiger partial charge in [-0.05, 0) is 75.1 Å². The molecule has 1 amide bonds. The molecule has 0 aliphatic heterocycles. The Bertz CT molecular complexity index is 720. The highest BCUT2D eigenvalue weighted by Crippen LogP contribution is 2.19. The Morgan fingerprint density at radius 1 is 1.00 bits per heavy atom. The molecule has 0 saturated carbocycles. The van der Waals surface area contributed by atoms with Crippen LogP contribution in [-0.2, 0) is 11.3 Å². The Kier molecular flexibility index (Phi) is 7.07. The molecule has 0 aliphatic carbocycles. The summed E-state index contributed by atoms with van der Waals surface area (Å²) in [5.74, 6) is 1.43. The van der Waals surface area contributed by atoms with Crippen molar-refractivity contribution in [1.82, 2.24) is 5.32 Å². The van der Waals surface area contributed by atoms with Crippen LogP contribution in [0.1, 0.15) is 43.9 Å². The van der Waals surface area contributed by atoms with Gasteiger partial charge in [-0.3, -0.25) is 4.79 Å². The molecule has 0 fully saturated rings. The summed E-state index contributed by atoms with van der Waals surface area (Å²) in [6.45, 7) is 10.4. The molecule has 4 nitrogen and oxygen atoms in total. The van der Waals surface area contributed by atoms with Gasteiger partial charge in [-0.1, -0.05) is 25.1 Å². The molecule has 140 valence electrons. The van der Waals surface area contributed by atoms with E-state index in [1.165, 1.54) is 0 Å². The molecule has 0 spiro atoms. The summed E-state index contributed by atoms with van der Waals surface area (Å²) in [6.07, 6.45) is 0.219. The molecule has 0 aliphatic rings. The van der Waals surface area contributed by atoms with Gasteiger partial charge in [-0.2, -0.15) is 0 Å². The molecule has 0 saturated heterocycles. The van der Waals surface area contributed by atoms with Gasteiger partial charge in [-0.15, -0.1) is 0 Å². The average Bonchev–Trinajstić information content (AvgIpc) is 2.56. The molecule has 0 heterocycles. The standard InChI is InChI=1S/C22H29NO3/c1-6-21(26-20-11-16(4)10-17(5)12-20)22(24)23-14-18-8-7-9-19(13-18)25-15(2)3/h7-13,15,21H,6,14H2,1-5H3,(H,23,24)/t21-/m1/s1. The fourth-order valence-electron chi connectivity index (χ4n) is 2.79. The SMILES string of the molecule is CC[C@@H](Oc1cc(C)cc(C)c1)C(=O)NCc1cccc(OC(C)C)c1. The van der Waals surface area contributed by atoms with Crippen molar-refractivity contribution in [3.8, 4) is 11.5 Å². The first-order valence-electron chi connectivity index (χ1n) is 9.15. The molecule has 1 N–H and O–H groups in total. The van der Waals surface area contributed by atoms with Crippen molar-refractivity contribution in [3.63, 3.8) is 0 Å². The van der Waals surface area contributed by atoms with Crippen molar-refractivity contribution in [2.75, 3.05) is 0 Å². The Balaban J connectivity index is 1.96. The highest BCUT2D eigenvalue weighted by atomic mass is 16.5. The maximum Gasteiger partial charge on any atom is 0.261 e. The van der Waals surface area contributed by atoms with Crippen LogP contribution >= 0.6 is 0 Å². The third kappa shape index (κ3) is 6.10. The molecule has 2 rings (SSSR count). The summed E-state index contributed by atoms with van der Waals surface area (Å²) < 4.78 is 11.6. The van der Waals surface area contributed by atoms with Crippen molar-refractivity contribution in [1.29, 1.82) is 0 Å². The van der Waals surface area contributed by atoms with Crippen LogP contribution in [0.3, 0.4) is 0 Å². The second kappa shape index (κ2) is 9.27. The van der Waals surface area contributed by atoms with Crippen LogP contribution in [0.15, 0.2) is 42.5 Å². The Labute approximate surface area is 156 Å². The number of amides is 1. The minimum absolute atomic E-state index is 0.109. The fraction of sp³-hybridized carbons (Fsp3) is 0.409. The quantitative estimate of drug-likeness (QED) is 0.755. The molecule has 0 bridgehead atoms. The monoisotopic (exact) mass is 355 g/mol. The largest absolute Gasteiger partial charge is 0.491 e. The lowest BCUT2D eigenvalue weighted by Gasteiger charge is -2.18.